The number of aromatic nitrogens is 3. The third-order valence-electron chi connectivity index (χ3n) is 9.85. The molecule has 0 saturated carbocycles. The Hall–Kier alpha value is -6.91. The Morgan fingerprint density at radius 1 is 0.392 bits per heavy atom. The minimum atomic E-state index is 0.913. The summed E-state index contributed by atoms with van der Waals surface area (Å²) in [5.74, 6) is 0. The van der Waals surface area contributed by atoms with Crippen molar-refractivity contribution in [3.8, 4) is 22.5 Å². The maximum Gasteiger partial charge on any atom is 0.0972 e. The minimum absolute atomic E-state index is 0.913. The molecule has 0 saturated heterocycles. The lowest BCUT2D eigenvalue weighted by Gasteiger charge is -2.27. The SMILES string of the molecule is c1ccc(-c2nc3c(N(c4ccccc4)c4ccccc4)cccc3c3c2ccc2c(-c4ccc5ccc6cccnc6c5n4)cccc23)cc1. The number of anilines is 3. The van der Waals surface area contributed by atoms with Gasteiger partial charge in [-0.25, -0.2) is 9.97 Å². The van der Waals surface area contributed by atoms with Crippen LogP contribution < -0.4 is 4.90 Å². The molecule has 10 aromatic rings. The molecule has 0 bridgehead atoms. The molecular weight excluding hydrogens is 621 g/mol. The van der Waals surface area contributed by atoms with Crippen LogP contribution in [0.15, 0.2) is 182 Å². The van der Waals surface area contributed by atoms with Gasteiger partial charge in [-0.1, -0.05) is 133 Å². The summed E-state index contributed by atoms with van der Waals surface area (Å²) in [6.07, 6.45) is 1.84. The van der Waals surface area contributed by atoms with Crippen molar-refractivity contribution < 1.29 is 0 Å². The predicted octanol–water partition coefficient (Wildman–Crippen LogP) is 12.4. The molecule has 0 N–H and O–H groups in total. The second-order valence-corrected chi connectivity index (χ2v) is 12.8. The van der Waals surface area contributed by atoms with Crippen molar-refractivity contribution in [2.24, 2.45) is 0 Å². The van der Waals surface area contributed by atoms with Crippen molar-refractivity contribution in [1.29, 1.82) is 0 Å². The Bertz CT molecular complexity index is 2870. The van der Waals surface area contributed by atoms with Crippen LogP contribution in [-0.2, 0) is 0 Å². The first-order valence-corrected chi connectivity index (χ1v) is 17.2. The van der Waals surface area contributed by atoms with Crippen LogP contribution >= 0.6 is 0 Å². The highest BCUT2D eigenvalue weighted by Gasteiger charge is 2.21. The summed E-state index contributed by atoms with van der Waals surface area (Å²) in [5.41, 5.74) is 9.99. The highest BCUT2D eigenvalue weighted by Crippen LogP contribution is 2.44. The van der Waals surface area contributed by atoms with Crippen molar-refractivity contribution >= 4 is 71.3 Å². The average molecular weight is 651 g/mol. The van der Waals surface area contributed by atoms with E-state index in [-0.39, 0.29) is 0 Å². The zero-order chi connectivity index (χ0) is 33.7. The molecule has 4 heteroatoms. The van der Waals surface area contributed by atoms with Gasteiger partial charge in [-0.3, -0.25) is 4.98 Å². The van der Waals surface area contributed by atoms with Crippen LogP contribution in [0, 0.1) is 0 Å². The zero-order valence-electron chi connectivity index (χ0n) is 27.6. The largest absolute Gasteiger partial charge is 0.308 e. The van der Waals surface area contributed by atoms with E-state index in [1.165, 1.54) is 5.39 Å². The molecule has 3 heterocycles. The van der Waals surface area contributed by atoms with E-state index in [1.807, 2.05) is 12.3 Å². The molecule has 4 nitrogen and oxygen atoms in total. The normalized spacial score (nSPS) is 11.5. The molecule has 7 aromatic carbocycles. The Morgan fingerprint density at radius 3 is 1.80 bits per heavy atom. The highest BCUT2D eigenvalue weighted by atomic mass is 15.1. The summed E-state index contributed by atoms with van der Waals surface area (Å²) in [7, 11) is 0. The van der Waals surface area contributed by atoms with E-state index in [2.05, 4.69) is 175 Å². The molecule has 0 unspecified atom stereocenters. The van der Waals surface area contributed by atoms with Crippen LogP contribution in [0.25, 0.3) is 76.8 Å². The smallest absolute Gasteiger partial charge is 0.0972 e. The molecule has 238 valence electrons. The maximum atomic E-state index is 5.54. The quantitative estimate of drug-likeness (QED) is 0.174. The van der Waals surface area contributed by atoms with E-state index >= 15 is 0 Å². The van der Waals surface area contributed by atoms with Gasteiger partial charge in [0.1, 0.15) is 0 Å². The number of benzene rings is 7. The molecule has 10 rings (SSSR count). The van der Waals surface area contributed by atoms with Crippen LogP contribution in [0.5, 0.6) is 0 Å². The van der Waals surface area contributed by atoms with Crippen LogP contribution in [-0.4, -0.2) is 15.0 Å². The maximum absolute atomic E-state index is 5.54. The van der Waals surface area contributed by atoms with Gasteiger partial charge in [0.15, 0.2) is 0 Å². The fourth-order valence-electron chi connectivity index (χ4n) is 7.54. The number of hydrogen-bond acceptors (Lipinski definition) is 4. The third-order valence-corrected chi connectivity index (χ3v) is 9.85. The predicted molar refractivity (Wildman–Crippen MR) is 213 cm³/mol. The Labute approximate surface area is 294 Å². The monoisotopic (exact) mass is 650 g/mol. The van der Waals surface area contributed by atoms with E-state index in [0.717, 1.165) is 88.4 Å². The summed E-state index contributed by atoms with van der Waals surface area (Å²) in [6, 6.07) is 61.8. The molecule has 3 aromatic heterocycles. The molecule has 0 aliphatic rings. The van der Waals surface area contributed by atoms with Gasteiger partial charge in [0, 0.05) is 55.6 Å². The fourth-order valence-corrected chi connectivity index (χ4v) is 7.54. The molecule has 0 atom stereocenters. The summed E-state index contributed by atoms with van der Waals surface area (Å²) in [4.78, 5) is 17.8. The Morgan fingerprint density at radius 2 is 1.04 bits per heavy atom. The lowest BCUT2D eigenvalue weighted by atomic mass is 9.92. The third kappa shape index (κ3) is 4.80. The zero-order valence-corrected chi connectivity index (χ0v) is 27.6. The first-order chi connectivity index (χ1) is 25.3. The second kappa shape index (κ2) is 11.9. The Balaban J connectivity index is 1.29. The van der Waals surface area contributed by atoms with Gasteiger partial charge in [0.05, 0.1) is 33.6 Å². The summed E-state index contributed by atoms with van der Waals surface area (Å²) < 4.78 is 0. The summed E-state index contributed by atoms with van der Waals surface area (Å²) >= 11 is 0. The van der Waals surface area contributed by atoms with Crippen molar-refractivity contribution in [1.82, 2.24) is 15.0 Å². The first kappa shape index (κ1) is 29.0. The van der Waals surface area contributed by atoms with E-state index in [9.17, 15) is 0 Å². The lowest BCUT2D eigenvalue weighted by molar-refractivity contribution is 1.28. The number of fused-ring (bicyclic) bond motifs is 8. The first-order valence-electron chi connectivity index (χ1n) is 17.2. The van der Waals surface area contributed by atoms with Gasteiger partial charge in [-0.15, -0.1) is 0 Å². The summed E-state index contributed by atoms with van der Waals surface area (Å²) in [5, 5.41) is 7.86. The molecule has 0 aliphatic carbocycles. The Kier molecular flexibility index (Phi) is 6.78. The van der Waals surface area contributed by atoms with Gasteiger partial charge in [-0.05, 0) is 53.2 Å². The molecule has 0 aliphatic heterocycles. The number of hydrogen-bond donors (Lipinski definition) is 0. The molecule has 0 radical (unpaired) electrons. The topological polar surface area (TPSA) is 41.9 Å². The van der Waals surface area contributed by atoms with Gasteiger partial charge in [0.25, 0.3) is 0 Å². The standard InChI is InChI=1S/C47H30N4/c1-4-13-31(14-5-1)44-40-28-27-36-37(41-29-26-33-25-24-32-15-12-30-48-45(32)46(33)49-41)20-10-21-38(36)43(40)39-22-11-23-42(47(39)50-44)51(34-16-6-2-7-17-34)35-18-8-3-9-19-35/h1-30H. The number of rotatable bonds is 5. The van der Waals surface area contributed by atoms with E-state index < -0.39 is 0 Å². The van der Waals surface area contributed by atoms with E-state index in [0.29, 0.717) is 0 Å². The summed E-state index contributed by atoms with van der Waals surface area (Å²) in [6.45, 7) is 0. The van der Waals surface area contributed by atoms with Crippen molar-refractivity contribution in [3.63, 3.8) is 0 Å². The van der Waals surface area contributed by atoms with Gasteiger partial charge in [-0.2, -0.15) is 0 Å². The fraction of sp³-hybridized carbons (Fsp3) is 0. The second-order valence-electron chi connectivity index (χ2n) is 12.8. The van der Waals surface area contributed by atoms with Crippen LogP contribution in [0.3, 0.4) is 0 Å². The molecule has 0 fully saturated rings. The molecule has 0 spiro atoms. The van der Waals surface area contributed by atoms with Gasteiger partial charge >= 0.3 is 0 Å². The lowest BCUT2D eigenvalue weighted by Crippen LogP contribution is -2.11. The number of pyridine rings is 3. The van der Waals surface area contributed by atoms with E-state index in [1.54, 1.807) is 0 Å². The van der Waals surface area contributed by atoms with E-state index in [4.69, 9.17) is 15.0 Å². The van der Waals surface area contributed by atoms with Gasteiger partial charge in [0.2, 0.25) is 0 Å². The molecule has 51 heavy (non-hydrogen) atoms. The van der Waals surface area contributed by atoms with Crippen LogP contribution in [0.2, 0.25) is 0 Å². The van der Waals surface area contributed by atoms with Crippen molar-refractivity contribution in [3.05, 3.63) is 182 Å². The van der Waals surface area contributed by atoms with Crippen molar-refractivity contribution in [2.75, 3.05) is 4.90 Å². The number of para-hydroxylation sites is 3. The van der Waals surface area contributed by atoms with Crippen LogP contribution in [0.1, 0.15) is 0 Å². The molecular formula is C47H30N4. The van der Waals surface area contributed by atoms with Crippen LogP contribution in [0.4, 0.5) is 17.1 Å². The minimum Gasteiger partial charge on any atom is -0.308 e. The average Bonchev–Trinajstić information content (AvgIpc) is 3.21. The van der Waals surface area contributed by atoms with Crippen molar-refractivity contribution in [2.45, 2.75) is 0 Å². The van der Waals surface area contributed by atoms with Gasteiger partial charge < -0.3 is 4.90 Å². The number of nitrogens with zero attached hydrogens (tertiary/aromatic N) is 4. The highest BCUT2D eigenvalue weighted by molar-refractivity contribution is 6.25. The molecule has 0 amide bonds.